The standard InChI is InChI=1S/C33H38N8O3/c1-18(37-17-29(42)41-25(16-34)13-24-14-28(24)41)15-33(32-38-19(2)39-40-32)26-9-7-22(30(43)35-3)11-20(26)5-6-21-12-23(31(44)36-4)8-10-27(21)33/h7-12,18,24-25,28,37H,5-6,13-15,17H2,1-4H3,(H,35,43)(H,36,44)(H,38,39,40)/t18-,24-,25+,28+/m1/s1. The molecule has 6 rings (SSSR count). The van der Waals surface area contributed by atoms with Crippen LogP contribution in [0.5, 0.6) is 0 Å². The normalized spacial score (nSPS) is 21.6. The Morgan fingerprint density at radius 2 is 1.64 bits per heavy atom. The summed E-state index contributed by atoms with van der Waals surface area (Å²) in [5.74, 6) is 1.40. The van der Waals surface area contributed by atoms with Gasteiger partial charge in [0.1, 0.15) is 17.7 Å². The highest BCUT2D eigenvalue weighted by Gasteiger charge is 2.54. The molecule has 4 N–H and O–H groups in total. The zero-order chi connectivity index (χ0) is 31.2. The lowest BCUT2D eigenvalue weighted by molar-refractivity contribution is -0.131. The fourth-order valence-electron chi connectivity index (χ4n) is 7.34. The van der Waals surface area contributed by atoms with Gasteiger partial charge in [0.05, 0.1) is 18.0 Å². The highest BCUT2D eigenvalue weighted by atomic mass is 16.2. The Hall–Kier alpha value is -4.56. The second-order valence-electron chi connectivity index (χ2n) is 12.3. The number of nitrogens with zero attached hydrogens (tertiary/aromatic N) is 4. The van der Waals surface area contributed by atoms with Crippen molar-refractivity contribution in [1.29, 1.82) is 5.26 Å². The number of amides is 3. The third kappa shape index (κ3) is 5.03. The Balaban J connectivity index is 1.43. The van der Waals surface area contributed by atoms with Gasteiger partial charge in [0, 0.05) is 37.3 Å². The van der Waals surface area contributed by atoms with Crippen molar-refractivity contribution in [3.63, 3.8) is 0 Å². The zero-order valence-electron chi connectivity index (χ0n) is 25.5. The Bertz CT molecular complexity index is 1610. The number of hydrogen-bond donors (Lipinski definition) is 4. The minimum Gasteiger partial charge on any atom is -0.355 e. The van der Waals surface area contributed by atoms with Crippen molar-refractivity contribution in [3.05, 3.63) is 81.4 Å². The molecule has 0 unspecified atom stereocenters. The van der Waals surface area contributed by atoms with Crippen molar-refractivity contribution in [2.45, 2.75) is 69.5 Å². The number of aryl methyl sites for hydroxylation is 3. The fraction of sp³-hybridized carbons (Fsp3) is 0.455. The minimum atomic E-state index is -0.829. The van der Waals surface area contributed by atoms with Crippen LogP contribution in [0.4, 0.5) is 0 Å². The molecular weight excluding hydrogens is 556 g/mol. The highest BCUT2D eigenvalue weighted by Crippen LogP contribution is 2.48. The molecule has 0 bridgehead atoms. The third-order valence-electron chi connectivity index (χ3n) is 9.53. The second kappa shape index (κ2) is 11.5. The van der Waals surface area contributed by atoms with Gasteiger partial charge in [0.15, 0.2) is 0 Å². The molecule has 0 radical (unpaired) electrons. The molecule has 1 aromatic heterocycles. The van der Waals surface area contributed by atoms with Crippen LogP contribution in [0, 0.1) is 24.2 Å². The summed E-state index contributed by atoms with van der Waals surface area (Å²) >= 11 is 0. The van der Waals surface area contributed by atoms with Crippen LogP contribution in [0.25, 0.3) is 0 Å². The average Bonchev–Trinajstić information content (AvgIpc) is 3.53. The lowest BCUT2D eigenvalue weighted by Crippen LogP contribution is -2.46. The van der Waals surface area contributed by atoms with Crippen LogP contribution in [0.15, 0.2) is 36.4 Å². The number of H-pyrrole nitrogens is 1. The topological polar surface area (TPSA) is 156 Å². The number of carbonyl (C=O) groups excluding carboxylic acids is 3. The summed E-state index contributed by atoms with van der Waals surface area (Å²) in [7, 11) is 3.23. The smallest absolute Gasteiger partial charge is 0.251 e. The summed E-state index contributed by atoms with van der Waals surface area (Å²) in [5, 5.41) is 27.5. The van der Waals surface area contributed by atoms with E-state index in [1.165, 1.54) is 0 Å². The van der Waals surface area contributed by atoms with E-state index in [2.05, 4.69) is 37.2 Å². The number of carbonyl (C=O) groups is 3. The maximum atomic E-state index is 13.3. The van der Waals surface area contributed by atoms with Gasteiger partial charge < -0.3 is 25.8 Å². The number of aromatic amines is 1. The summed E-state index contributed by atoms with van der Waals surface area (Å²) in [6, 6.07) is 13.6. The van der Waals surface area contributed by atoms with E-state index in [9.17, 15) is 19.6 Å². The van der Waals surface area contributed by atoms with Crippen LogP contribution in [0.1, 0.15) is 80.8 Å². The Kier molecular flexibility index (Phi) is 7.72. The lowest BCUT2D eigenvalue weighted by Gasteiger charge is -2.37. The van der Waals surface area contributed by atoms with E-state index in [1.807, 2.05) is 50.2 Å². The molecular formula is C33H38N8O3. The first-order chi connectivity index (χ1) is 21.2. The van der Waals surface area contributed by atoms with E-state index >= 15 is 0 Å². The molecule has 2 fully saturated rings. The molecule has 1 saturated carbocycles. The van der Waals surface area contributed by atoms with E-state index < -0.39 is 5.41 Å². The van der Waals surface area contributed by atoms with E-state index in [4.69, 9.17) is 0 Å². The Morgan fingerprint density at radius 1 is 1.02 bits per heavy atom. The Morgan fingerprint density at radius 3 is 2.16 bits per heavy atom. The first kappa shape index (κ1) is 29.5. The quantitative estimate of drug-likeness (QED) is 0.311. The van der Waals surface area contributed by atoms with Gasteiger partial charge in [-0.1, -0.05) is 12.1 Å². The first-order valence-corrected chi connectivity index (χ1v) is 15.2. The maximum Gasteiger partial charge on any atom is 0.251 e. The van der Waals surface area contributed by atoms with E-state index in [1.54, 1.807) is 19.0 Å². The molecule has 3 amide bonds. The minimum absolute atomic E-state index is 0.0509. The molecule has 3 aromatic rings. The number of piperidine rings is 1. The lowest BCUT2D eigenvalue weighted by atomic mass is 9.67. The van der Waals surface area contributed by atoms with Gasteiger partial charge in [-0.15, -0.1) is 10.2 Å². The molecule has 1 aliphatic heterocycles. The summed E-state index contributed by atoms with van der Waals surface area (Å²) in [5.41, 5.74) is 4.32. The Labute approximate surface area is 256 Å². The van der Waals surface area contributed by atoms with Crippen LogP contribution >= 0.6 is 0 Å². The van der Waals surface area contributed by atoms with Crippen molar-refractivity contribution < 1.29 is 14.4 Å². The van der Waals surface area contributed by atoms with Crippen LogP contribution in [0.2, 0.25) is 0 Å². The first-order valence-electron chi connectivity index (χ1n) is 15.2. The largest absolute Gasteiger partial charge is 0.355 e. The van der Waals surface area contributed by atoms with Gasteiger partial charge in [-0.05, 0) is 98.4 Å². The van der Waals surface area contributed by atoms with Crippen LogP contribution in [-0.4, -0.2) is 76.6 Å². The number of aromatic nitrogens is 3. The molecule has 228 valence electrons. The molecule has 3 aliphatic rings. The van der Waals surface area contributed by atoms with Crippen LogP contribution in [-0.2, 0) is 23.1 Å². The van der Waals surface area contributed by atoms with Crippen molar-refractivity contribution in [2.24, 2.45) is 5.92 Å². The number of likely N-dealkylation sites (tertiary alicyclic amines) is 1. The van der Waals surface area contributed by atoms with Gasteiger partial charge in [0.2, 0.25) is 5.91 Å². The molecule has 11 nitrogen and oxygen atoms in total. The summed E-state index contributed by atoms with van der Waals surface area (Å²) in [6.45, 7) is 4.03. The summed E-state index contributed by atoms with van der Waals surface area (Å²) < 4.78 is 0. The number of nitriles is 1. The number of rotatable bonds is 8. The van der Waals surface area contributed by atoms with Crippen molar-refractivity contribution in [3.8, 4) is 6.07 Å². The number of hydrogen-bond acceptors (Lipinski definition) is 7. The fourth-order valence-corrected chi connectivity index (χ4v) is 7.34. The number of fused-ring (bicyclic) bond motifs is 3. The van der Waals surface area contributed by atoms with E-state index in [0.29, 0.717) is 48.0 Å². The van der Waals surface area contributed by atoms with Gasteiger partial charge >= 0.3 is 0 Å². The highest BCUT2D eigenvalue weighted by molar-refractivity contribution is 5.95. The van der Waals surface area contributed by atoms with E-state index in [-0.39, 0.29) is 42.4 Å². The van der Waals surface area contributed by atoms with Crippen molar-refractivity contribution >= 4 is 17.7 Å². The summed E-state index contributed by atoms with van der Waals surface area (Å²) in [4.78, 5) is 43.8. The molecule has 2 heterocycles. The van der Waals surface area contributed by atoms with Gasteiger partial charge in [-0.2, -0.15) is 5.26 Å². The monoisotopic (exact) mass is 594 g/mol. The van der Waals surface area contributed by atoms with E-state index in [0.717, 1.165) is 35.1 Å². The maximum absolute atomic E-state index is 13.3. The molecule has 4 atom stereocenters. The van der Waals surface area contributed by atoms with Gasteiger partial charge in [0.25, 0.3) is 11.8 Å². The second-order valence-corrected chi connectivity index (χ2v) is 12.3. The van der Waals surface area contributed by atoms with Crippen molar-refractivity contribution in [2.75, 3.05) is 20.6 Å². The molecule has 2 aromatic carbocycles. The number of nitrogens with one attached hydrogen (secondary N) is 4. The molecule has 1 saturated heterocycles. The molecule has 0 spiro atoms. The van der Waals surface area contributed by atoms with Crippen molar-refractivity contribution in [1.82, 2.24) is 36.0 Å². The van der Waals surface area contributed by atoms with Crippen LogP contribution in [0.3, 0.4) is 0 Å². The predicted molar refractivity (Wildman–Crippen MR) is 163 cm³/mol. The molecule has 11 heteroatoms. The third-order valence-corrected chi connectivity index (χ3v) is 9.53. The number of benzene rings is 2. The molecule has 2 aliphatic carbocycles. The van der Waals surface area contributed by atoms with Gasteiger partial charge in [-0.3, -0.25) is 14.4 Å². The van der Waals surface area contributed by atoms with Crippen LogP contribution < -0.4 is 16.0 Å². The SMILES string of the molecule is CNC(=O)c1ccc2c(c1)CCc1cc(C(=O)NC)ccc1C2(C[C@@H](C)NCC(=O)N1[C@H](C#N)C[C@@H]2C[C@@H]21)c1nnc(C)[nH]1. The zero-order valence-corrected chi connectivity index (χ0v) is 25.5. The predicted octanol–water partition coefficient (Wildman–Crippen LogP) is 2.15. The molecule has 44 heavy (non-hydrogen) atoms. The average molecular weight is 595 g/mol. The summed E-state index contributed by atoms with van der Waals surface area (Å²) in [6.07, 6.45) is 3.58. The van der Waals surface area contributed by atoms with Gasteiger partial charge in [-0.25, -0.2) is 0 Å².